The molecule has 1 saturated heterocycles. The van der Waals surface area contributed by atoms with Crippen molar-refractivity contribution in [2.45, 2.75) is 65.0 Å². The number of hydrogen-bond donors (Lipinski definition) is 1. The van der Waals surface area contributed by atoms with Crippen LogP contribution in [0.4, 0.5) is 4.79 Å². The number of carbonyl (C=O) groups is 1. The Balaban J connectivity index is 1.51. The van der Waals surface area contributed by atoms with Crippen LogP contribution < -0.4 is 10.1 Å². The van der Waals surface area contributed by atoms with Crippen LogP contribution in [0, 0.1) is 14.9 Å². The first-order chi connectivity index (χ1) is 13.7. The fourth-order valence-electron chi connectivity index (χ4n) is 4.60. The van der Waals surface area contributed by atoms with Gasteiger partial charge in [-0.1, -0.05) is 39.0 Å². The minimum Gasteiger partial charge on any atom is -0.489 e. The van der Waals surface area contributed by atoms with E-state index in [4.69, 9.17) is 9.47 Å². The van der Waals surface area contributed by atoms with Crippen molar-refractivity contribution in [2.24, 2.45) is 11.3 Å². The van der Waals surface area contributed by atoms with Gasteiger partial charge in [-0.25, -0.2) is 4.79 Å². The van der Waals surface area contributed by atoms with Gasteiger partial charge in [-0.15, -0.1) is 0 Å². The summed E-state index contributed by atoms with van der Waals surface area (Å²) in [6.45, 7) is 9.40. The first-order valence-corrected chi connectivity index (χ1v) is 11.6. The zero-order valence-corrected chi connectivity index (χ0v) is 19.8. The highest BCUT2D eigenvalue weighted by Crippen LogP contribution is 2.40. The molecule has 4 nitrogen and oxygen atoms in total. The van der Waals surface area contributed by atoms with E-state index >= 15 is 0 Å². The Morgan fingerprint density at radius 1 is 1.14 bits per heavy atom. The number of ether oxygens (including phenoxy) is 2. The van der Waals surface area contributed by atoms with E-state index in [1.165, 1.54) is 18.2 Å². The van der Waals surface area contributed by atoms with E-state index in [9.17, 15) is 4.79 Å². The van der Waals surface area contributed by atoms with Crippen LogP contribution in [0.1, 0.15) is 58.9 Å². The molecule has 1 atom stereocenters. The summed E-state index contributed by atoms with van der Waals surface area (Å²) in [7, 11) is 0. The van der Waals surface area contributed by atoms with Crippen molar-refractivity contribution in [2.75, 3.05) is 6.61 Å². The van der Waals surface area contributed by atoms with Gasteiger partial charge in [0.2, 0.25) is 0 Å². The number of cyclic esters (lactones) is 1. The summed E-state index contributed by atoms with van der Waals surface area (Å²) < 4.78 is 12.7. The van der Waals surface area contributed by atoms with Gasteiger partial charge in [0, 0.05) is 0 Å². The molecule has 1 aliphatic carbocycles. The maximum absolute atomic E-state index is 11.5. The normalized spacial score (nSPS) is 27.6. The second-order valence-electron chi connectivity index (χ2n) is 9.80. The third kappa shape index (κ3) is 4.21. The highest BCUT2D eigenvalue weighted by Gasteiger charge is 2.36. The third-order valence-corrected chi connectivity index (χ3v) is 7.73. The Kier molecular flexibility index (Phi) is 5.47. The molecule has 5 heteroatoms. The molecular formula is C24H30INO3. The van der Waals surface area contributed by atoms with E-state index < -0.39 is 5.54 Å². The zero-order valence-electron chi connectivity index (χ0n) is 17.7. The van der Waals surface area contributed by atoms with Crippen molar-refractivity contribution in [1.82, 2.24) is 5.32 Å². The quantitative estimate of drug-likeness (QED) is 0.491. The number of alkyl carbamates (subject to hydrolysis) is 1. The minimum atomic E-state index is -0.475. The Morgan fingerprint density at radius 2 is 1.86 bits per heavy atom. The molecule has 2 aromatic carbocycles. The average Bonchev–Trinajstić information content (AvgIpc) is 3.03. The molecule has 29 heavy (non-hydrogen) atoms. The number of hydrogen-bond acceptors (Lipinski definition) is 3. The maximum Gasteiger partial charge on any atom is 0.408 e. The molecule has 2 aromatic rings. The van der Waals surface area contributed by atoms with Crippen molar-refractivity contribution in [3.63, 3.8) is 0 Å². The fraction of sp³-hybridized carbons (Fsp3) is 0.542. The third-order valence-electron chi connectivity index (χ3n) is 6.62. The molecule has 1 saturated carbocycles. The fourth-order valence-corrected chi connectivity index (χ4v) is 5.39. The lowest BCUT2D eigenvalue weighted by Crippen LogP contribution is -2.37. The Bertz CT molecular complexity index is 928. The molecule has 1 heterocycles. The molecule has 1 N–H and O–H groups in total. The number of carbonyl (C=O) groups excluding carboxylic acids is 1. The summed E-state index contributed by atoms with van der Waals surface area (Å²) in [5.74, 6) is 1.77. The van der Waals surface area contributed by atoms with Gasteiger partial charge < -0.3 is 14.8 Å². The molecular weight excluding hydrogens is 477 g/mol. The molecule has 0 bridgehead atoms. The maximum atomic E-state index is 11.5. The van der Waals surface area contributed by atoms with E-state index in [0.29, 0.717) is 18.1 Å². The summed E-state index contributed by atoms with van der Waals surface area (Å²) in [4.78, 5) is 11.5. The summed E-state index contributed by atoms with van der Waals surface area (Å²) in [5.41, 5.74) is 0.971. The smallest absolute Gasteiger partial charge is 0.408 e. The Morgan fingerprint density at radius 3 is 2.48 bits per heavy atom. The van der Waals surface area contributed by atoms with Crippen LogP contribution in [0.25, 0.3) is 10.8 Å². The van der Waals surface area contributed by atoms with Crippen molar-refractivity contribution >= 4 is 39.5 Å². The van der Waals surface area contributed by atoms with Gasteiger partial charge >= 0.3 is 6.09 Å². The summed E-state index contributed by atoms with van der Waals surface area (Å²) >= 11 is 2.40. The van der Waals surface area contributed by atoms with Crippen molar-refractivity contribution in [3.8, 4) is 5.75 Å². The van der Waals surface area contributed by atoms with Crippen LogP contribution >= 0.6 is 22.6 Å². The predicted molar refractivity (Wildman–Crippen MR) is 124 cm³/mol. The predicted octanol–water partition coefficient (Wildman–Crippen LogP) is 6.38. The topological polar surface area (TPSA) is 47.6 Å². The minimum absolute atomic E-state index is 0.309. The summed E-state index contributed by atoms with van der Waals surface area (Å²) in [6.07, 6.45) is 4.71. The molecule has 2 aliphatic rings. The van der Waals surface area contributed by atoms with E-state index in [0.717, 1.165) is 39.0 Å². The molecule has 0 radical (unpaired) electrons. The zero-order chi connectivity index (χ0) is 20.8. The summed E-state index contributed by atoms with van der Waals surface area (Å²) in [5, 5.41) is 5.25. The van der Waals surface area contributed by atoms with Crippen molar-refractivity contribution < 1.29 is 14.3 Å². The van der Waals surface area contributed by atoms with Gasteiger partial charge in [0.15, 0.2) is 0 Å². The first kappa shape index (κ1) is 20.8. The number of halogens is 1. The Hall–Kier alpha value is -1.50. The van der Waals surface area contributed by atoms with Gasteiger partial charge in [0.25, 0.3) is 0 Å². The van der Waals surface area contributed by atoms with E-state index in [1.807, 2.05) is 6.92 Å². The van der Waals surface area contributed by atoms with Crippen LogP contribution in [0.2, 0.25) is 0 Å². The average molecular weight is 507 g/mol. The molecule has 1 unspecified atom stereocenters. The molecule has 1 amide bonds. The van der Waals surface area contributed by atoms with E-state index in [2.05, 4.69) is 79.0 Å². The molecule has 2 fully saturated rings. The number of fused-ring (bicyclic) bond motifs is 1. The van der Waals surface area contributed by atoms with Crippen LogP contribution in [-0.4, -0.2) is 18.8 Å². The van der Waals surface area contributed by atoms with Crippen LogP contribution in [0.5, 0.6) is 5.75 Å². The van der Waals surface area contributed by atoms with Crippen LogP contribution in [-0.2, 0) is 10.3 Å². The van der Waals surface area contributed by atoms with Gasteiger partial charge in [-0.3, -0.25) is 0 Å². The van der Waals surface area contributed by atoms with E-state index in [-0.39, 0.29) is 6.09 Å². The van der Waals surface area contributed by atoms with Gasteiger partial charge in [-0.2, -0.15) is 0 Å². The van der Waals surface area contributed by atoms with Crippen LogP contribution in [0.15, 0.2) is 30.3 Å². The number of nitrogens with one attached hydrogen (secondary N) is 1. The number of amides is 1. The van der Waals surface area contributed by atoms with Crippen molar-refractivity contribution in [1.29, 1.82) is 0 Å². The highest BCUT2D eigenvalue weighted by atomic mass is 127. The van der Waals surface area contributed by atoms with Gasteiger partial charge in [0.05, 0.1) is 15.2 Å². The first-order valence-electron chi connectivity index (χ1n) is 10.5. The largest absolute Gasteiger partial charge is 0.489 e. The van der Waals surface area contributed by atoms with E-state index in [1.54, 1.807) is 0 Å². The highest BCUT2D eigenvalue weighted by molar-refractivity contribution is 14.1. The second kappa shape index (κ2) is 7.64. The van der Waals surface area contributed by atoms with Gasteiger partial charge in [-0.05, 0) is 95.0 Å². The lowest BCUT2D eigenvalue weighted by molar-refractivity contribution is 0.0878. The lowest BCUT2D eigenvalue weighted by atomic mass is 9.72. The monoisotopic (exact) mass is 507 g/mol. The standard InChI is InChI=1S/C24H30INO3/c1-23(2,3)16-6-9-18(10-7-16)29-20-12-5-15-13-17(8-11-19(15)21(20)25)24(4)14-28-22(27)26-24/h5,8,11-13,16,18H,6-7,9-10,14H2,1-4H3,(H,26,27). The molecule has 4 rings (SSSR count). The molecule has 156 valence electrons. The van der Waals surface area contributed by atoms with Crippen molar-refractivity contribution in [3.05, 3.63) is 39.5 Å². The molecule has 0 spiro atoms. The number of benzene rings is 2. The lowest BCUT2D eigenvalue weighted by Gasteiger charge is -2.37. The summed E-state index contributed by atoms with van der Waals surface area (Å²) in [6, 6.07) is 10.6. The second-order valence-corrected chi connectivity index (χ2v) is 10.9. The molecule has 0 aromatic heterocycles. The Labute approximate surface area is 186 Å². The van der Waals surface area contributed by atoms with Gasteiger partial charge in [0.1, 0.15) is 12.4 Å². The van der Waals surface area contributed by atoms with Crippen LogP contribution in [0.3, 0.4) is 0 Å². The number of rotatable bonds is 3. The SMILES string of the molecule is CC1(c2ccc3c(I)c(OC4CCC(C(C)(C)C)CC4)ccc3c2)COC(=O)N1. The molecule has 1 aliphatic heterocycles.